The first-order chi connectivity index (χ1) is 16.8. The van der Waals surface area contributed by atoms with Crippen LogP contribution in [0.3, 0.4) is 0 Å². The van der Waals surface area contributed by atoms with E-state index in [1.54, 1.807) is 12.1 Å². The Morgan fingerprint density at radius 2 is 2.26 bits per heavy atom. The molecule has 2 aliphatic rings. The zero-order valence-electron chi connectivity index (χ0n) is 18.1. The maximum Gasteiger partial charge on any atom is 0.313 e. The minimum atomic E-state index is -1.23. The van der Waals surface area contributed by atoms with Crippen molar-refractivity contribution in [3.8, 4) is 0 Å². The largest absolute Gasteiger partial charge is 0.481 e. The van der Waals surface area contributed by atoms with Crippen molar-refractivity contribution in [3.05, 3.63) is 36.5 Å². The Kier molecular flexibility index (Phi) is 6.93. The molecule has 0 radical (unpaired) electrons. The molecule has 16 heteroatoms. The van der Waals surface area contributed by atoms with Crippen molar-refractivity contribution < 1.29 is 24.7 Å². The van der Waals surface area contributed by atoms with Gasteiger partial charge in [0.05, 0.1) is 6.54 Å². The Labute approximate surface area is 207 Å². The molecule has 2 aromatic rings. The number of aliphatic carboxylic acids is 1. The van der Waals surface area contributed by atoms with Crippen LogP contribution in [0.25, 0.3) is 0 Å². The van der Waals surface area contributed by atoms with E-state index < -0.39 is 40.3 Å². The molecule has 2 saturated heterocycles. The van der Waals surface area contributed by atoms with E-state index >= 15 is 0 Å². The van der Waals surface area contributed by atoms with Gasteiger partial charge in [0.2, 0.25) is 11.1 Å². The third kappa shape index (κ3) is 4.66. The number of nitrogens with zero attached hydrogens (tertiary/aromatic N) is 7. The predicted octanol–water partition coefficient (Wildman–Crippen LogP) is -0.722. The number of nitrogen functional groups attached to an aromatic ring is 1. The quantitative estimate of drug-likeness (QED) is 0.0809. The standard InChI is InChI=1S/C19H21N9O5S2/c1-2-6-28-18(23-25-26-28)35-9-19(17(31)32)7-27-15(30)13(16(27)34-8-19)22-14(29)12(24-33)10-4-3-5-11(20)21-10/h2-5,13,16,33H,1,6-9H2,(H2,20,21)(H,22,29)(H,31,32)/t13?,16-,19?/m1/s1. The number of rotatable bonds is 9. The molecule has 0 bridgehead atoms. The predicted molar refractivity (Wildman–Crippen MR) is 126 cm³/mol. The number of β-lactam (4-membered cyclic amide) rings is 1. The number of pyridine rings is 1. The number of carboxylic acid groups (broad SMARTS) is 1. The summed E-state index contributed by atoms with van der Waals surface area (Å²) in [5.41, 5.74) is 4.04. The molecule has 3 atom stereocenters. The van der Waals surface area contributed by atoms with Crippen LogP contribution < -0.4 is 11.1 Å². The number of hydrogen-bond acceptors (Lipinski definition) is 12. The van der Waals surface area contributed by atoms with E-state index in [0.717, 1.165) is 0 Å². The van der Waals surface area contributed by atoms with E-state index in [2.05, 4.69) is 37.6 Å². The third-order valence-corrected chi connectivity index (χ3v) is 8.33. The summed E-state index contributed by atoms with van der Waals surface area (Å²) in [5.74, 6) is -1.79. The second kappa shape index (κ2) is 9.91. The van der Waals surface area contributed by atoms with Crippen molar-refractivity contribution in [2.45, 2.75) is 23.1 Å². The van der Waals surface area contributed by atoms with Crippen LogP contribution in [-0.4, -0.2) is 93.4 Å². The maximum atomic E-state index is 12.8. The molecule has 0 aliphatic carbocycles. The Hall–Kier alpha value is -3.66. The molecular weight excluding hydrogens is 498 g/mol. The highest BCUT2D eigenvalue weighted by molar-refractivity contribution is 8.00. The number of anilines is 1. The van der Waals surface area contributed by atoms with Gasteiger partial charge in [-0.3, -0.25) is 14.4 Å². The zero-order chi connectivity index (χ0) is 25.2. The zero-order valence-corrected chi connectivity index (χ0v) is 19.8. The van der Waals surface area contributed by atoms with Crippen molar-refractivity contribution in [3.63, 3.8) is 0 Å². The minimum absolute atomic E-state index is 0.0288. The Morgan fingerprint density at radius 3 is 2.94 bits per heavy atom. The molecule has 2 fully saturated rings. The monoisotopic (exact) mass is 519 g/mol. The summed E-state index contributed by atoms with van der Waals surface area (Å²) in [7, 11) is 0. The number of allylic oxidation sites excluding steroid dienone is 1. The number of amides is 2. The van der Waals surface area contributed by atoms with E-state index in [-0.39, 0.29) is 29.6 Å². The molecule has 184 valence electrons. The molecule has 2 aliphatic heterocycles. The van der Waals surface area contributed by atoms with Gasteiger partial charge in [-0.05, 0) is 22.6 Å². The van der Waals surface area contributed by atoms with Crippen molar-refractivity contribution in [2.24, 2.45) is 10.6 Å². The molecule has 5 N–H and O–H groups in total. The van der Waals surface area contributed by atoms with Crippen molar-refractivity contribution in [1.82, 2.24) is 35.4 Å². The summed E-state index contributed by atoms with van der Waals surface area (Å²) in [6.45, 7) is 3.99. The van der Waals surface area contributed by atoms with Gasteiger partial charge in [0, 0.05) is 18.1 Å². The SMILES string of the molecule is C=CCn1nnnc1SCC1(C(=O)O)CS[C@@H]2C(NC(=O)C(=NO)c3cccc(N)n3)C(=O)N2C1. The molecule has 4 heterocycles. The van der Waals surface area contributed by atoms with Gasteiger partial charge < -0.3 is 26.3 Å². The fraction of sp³-hybridized carbons (Fsp3) is 0.368. The Morgan fingerprint density at radius 1 is 1.46 bits per heavy atom. The average Bonchev–Trinajstić information content (AvgIpc) is 3.28. The number of carbonyl (C=O) groups excluding carboxylic acids is 2. The van der Waals surface area contributed by atoms with Crippen LogP contribution in [-0.2, 0) is 20.9 Å². The van der Waals surface area contributed by atoms with Crippen LogP contribution in [0.5, 0.6) is 0 Å². The Balaban J connectivity index is 1.42. The first-order valence-electron chi connectivity index (χ1n) is 10.2. The van der Waals surface area contributed by atoms with Crippen LogP contribution >= 0.6 is 23.5 Å². The van der Waals surface area contributed by atoms with Gasteiger partial charge in [-0.25, -0.2) is 9.67 Å². The number of oxime groups is 1. The molecule has 0 saturated carbocycles. The summed E-state index contributed by atoms with van der Waals surface area (Å²) >= 11 is 2.44. The fourth-order valence-corrected chi connectivity index (χ4v) is 6.40. The number of nitrogens with one attached hydrogen (secondary N) is 1. The normalized spacial score (nSPS) is 23.8. The molecule has 4 rings (SSSR count). The van der Waals surface area contributed by atoms with Gasteiger partial charge in [-0.1, -0.05) is 29.1 Å². The molecule has 14 nitrogen and oxygen atoms in total. The number of carboxylic acids is 1. The highest BCUT2D eigenvalue weighted by atomic mass is 32.2. The molecule has 2 amide bonds. The number of carbonyl (C=O) groups is 3. The van der Waals surface area contributed by atoms with Gasteiger partial charge in [-0.2, -0.15) is 0 Å². The molecule has 35 heavy (non-hydrogen) atoms. The van der Waals surface area contributed by atoms with Crippen LogP contribution in [0.15, 0.2) is 41.2 Å². The number of hydrogen-bond donors (Lipinski definition) is 4. The summed E-state index contributed by atoms with van der Waals surface area (Å²) in [5, 5.41) is 36.2. The van der Waals surface area contributed by atoms with Crippen molar-refractivity contribution in [2.75, 3.05) is 23.8 Å². The van der Waals surface area contributed by atoms with E-state index in [1.807, 2.05) is 0 Å². The number of tetrazole rings is 1. The van der Waals surface area contributed by atoms with Crippen LogP contribution in [0.2, 0.25) is 0 Å². The van der Waals surface area contributed by atoms with Crippen LogP contribution in [0.1, 0.15) is 5.69 Å². The first-order valence-corrected chi connectivity index (χ1v) is 12.2. The van der Waals surface area contributed by atoms with E-state index in [9.17, 15) is 24.7 Å². The van der Waals surface area contributed by atoms with Gasteiger partial charge in [-0.15, -0.1) is 23.4 Å². The van der Waals surface area contributed by atoms with Crippen molar-refractivity contribution >= 4 is 52.8 Å². The smallest absolute Gasteiger partial charge is 0.313 e. The number of thioether (sulfide) groups is 2. The van der Waals surface area contributed by atoms with Gasteiger partial charge in [0.1, 0.15) is 28.3 Å². The number of nitrogens with two attached hydrogens (primary N) is 1. The number of fused-ring (bicyclic) bond motifs is 1. The van der Waals surface area contributed by atoms with Gasteiger partial charge in [0.25, 0.3) is 5.91 Å². The second-order valence-electron chi connectivity index (χ2n) is 7.82. The molecule has 0 aromatic carbocycles. The summed E-state index contributed by atoms with van der Waals surface area (Å²) in [6, 6.07) is 3.60. The van der Waals surface area contributed by atoms with E-state index in [1.165, 1.54) is 45.2 Å². The first kappa shape index (κ1) is 24.5. The minimum Gasteiger partial charge on any atom is -0.481 e. The summed E-state index contributed by atoms with van der Waals surface area (Å²) < 4.78 is 1.50. The van der Waals surface area contributed by atoms with Gasteiger partial charge in [0.15, 0.2) is 5.71 Å². The fourth-order valence-electron chi connectivity index (χ4n) is 3.65. The molecular formula is C19H21N9O5S2. The average molecular weight is 520 g/mol. The molecule has 2 unspecified atom stereocenters. The van der Waals surface area contributed by atoms with Crippen LogP contribution in [0, 0.1) is 5.41 Å². The Bertz CT molecular complexity index is 1200. The van der Waals surface area contributed by atoms with E-state index in [4.69, 9.17) is 5.73 Å². The lowest BCUT2D eigenvalue weighted by molar-refractivity contribution is -0.157. The lowest BCUT2D eigenvalue weighted by Gasteiger charge is -2.53. The lowest BCUT2D eigenvalue weighted by Crippen LogP contribution is -2.74. The maximum absolute atomic E-state index is 12.8. The lowest BCUT2D eigenvalue weighted by atomic mass is 9.89. The summed E-state index contributed by atoms with van der Waals surface area (Å²) in [4.78, 5) is 43.1. The van der Waals surface area contributed by atoms with Crippen molar-refractivity contribution in [1.29, 1.82) is 0 Å². The summed E-state index contributed by atoms with van der Waals surface area (Å²) in [6.07, 6.45) is 1.62. The molecule has 0 spiro atoms. The molecule has 2 aromatic heterocycles. The highest BCUT2D eigenvalue weighted by Gasteiger charge is 2.57. The number of aromatic nitrogens is 5. The topological polar surface area (TPSA) is 202 Å². The van der Waals surface area contributed by atoms with Crippen LogP contribution in [0.4, 0.5) is 5.82 Å². The highest BCUT2D eigenvalue weighted by Crippen LogP contribution is 2.44. The van der Waals surface area contributed by atoms with Gasteiger partial charge >= 0.3 is 5.97 Å². The van der Waals surface area contributed by atoms with E-state index in [0.29, 0.717) is 11.7 Å². The third-order valence-electron chi connectivity index (χ3n) is 5.49. The second-order valence-corrected chi connectivity index (χ2v) is 9.87.